The highest BCUT2D eigenvalue weighted by molar-refractivity contribution is 7.92. The summed E-state index contributed by atoms with van der Waals surface area (Å²) in [6.07, 6.45) is 0. The summed E-state index contributed by atoms with van der Waals surface area (Å²) in [4.78, 5) is 0.293. The van der Waals surface area contributed by atoms with Crippen LogP contribution in [0.1, 0.15) is 22.3 Å². The maximum atomic E-state index is 12.6. The van der Waals surface area contributed by atoms with E-state index in [-0.39, 0.29) is 0 Å². The summed E-state index contributed by atoms with van der Waals surface area (Å²) in [5, 5.41) is 0. The lowest BCUT2D eigenvalue weighted by Crippen LogP contribution is -2.15. The minimum atomic E-state index is -3.62. The molecule has 0 unspecified atom stereocenters. The van der Waals surface area contributed by atoms with Gasteiger partial charge >= 0.3 is 0 Å². The third-order valence-corrected chi connectivity index (χ3v) is 5.12. The predicted octanol–water partition coefficient (Wildman–Crippen LogP) is 3.30. The number of nitrogens with one attached hydrogen (secondary N) is 1. The highest BCUT2D eigenvalue weighted by atomic mass is 32.2. The van der Waals surface area contributed by atoms with Crippen LogP contribution >= 0.6 is 0 Å². The van der Waals surface area contributed by atoms with Crippen LogP contribution in [0.2, 0.25) is 0 Å². The first-order valence-corrected chi connectivity index (χ1v) is 8.16. The quantitative estimate of drug-likeness (QED) is 0.855. The predicted molar refractivity (Wildman–Crippen MR) is 87.1 cm³/mol. The molecule has 0 aliphatic heterocycles. The minimum Gasteiger partial charge on any atom is -0.398 e. The molecule has 2 aromatic carbocycles. The average Bonchev–Trinajstić information content (AvgIpc) is 2.42. The Kier molecular flexibility index (Phi) is 3.96. The Bertz CT molecular complexity index is 796. The summed E-state index contributed by atoms with van der Waals surface area (Å²) in [5.74, 6) is 0. The fraction of sp³-hybridized carbons (Fsp3) is 0.250. The van der Waals surface area contributed by atoms with Gasteiger partial charge in [-0.1, -0.05) is 18.2 Å². The zero-order chi connectivity index (χ0) is 15.8. The maximum Gasteiger partial charge on any atom is 0.262 e. The van der Waals surface area contributed by atoms with Crippen LogP contribution in [0.3, 0.4) is 0 Å². The monoisotopic (exact) mass is 304 g/mol. The number of aryl methyl sites for hydroxylation is 3. The second-order valence-corrected chi connectivity index (χ2v) is 6.99. The topological polar surface area (TPSA) is 72.2 Å². The standard InChI is InChI=1S/C16H20N2O2S/c1-10-5-6-11(2)15(9-10)21(19,20)18-14-8-7-12(3)16(17)13(14)4/h5-9,18H,17H2,1-4H3. The number of anilines is 2. The molecule has 0 amide bonds. The largest absolute Gasteiger partial charge is 0.398 e. The molecule has 4 nitrogen and oxygen atoms in total. The van der Waals surface area contributed by atoms with Crippen LogP contribution < -0.4 is 10.5 Å². The van der Waals surface area contributed by atoms with Crippen molar-refractivity contribution in [3.8, 4) is 0 Å². The van der Waals surface area contributed by atoms with Gasteiger partial charge in [0.05, 0.1) is 10.6 Å². The normalized spacial score (nSPS) is 11.4. The maximum absolute atomic E-state index is 12.6. The van der Waals surface area contributed by atoms with E-state index in [0.717, 1.165) is 16.7 Å². The molecule has 0 fully saturated rings. The molecular formula is C16H20N2O2S. The Morgan fingerprint density at radius 1 is 0.952 bits per heavy atom. The zero-order valence-electron chi connectivity index (χ0n) is 12.7. The number of benzene rings is 2. The molecule has 2 rings (SSSR count). The van der Waals surface area contributed by atoms with Crippen molar-refractivity contribution in [2.75, 3.05) is 10.5 Å². The molecule has 0 radical (unpaired) electrons. The van der Waals surface area contributed by atoms with Crippen molar-refractivity contribution in [2.24, 2.45) is 0 Å². The first kappa shape index (κ1) is 15.4. The van der Waals surface area contributed by atoms with Crippen molar-refractivity contribution in [2.45, 2.75) is 32.6 Å². The number of rotatable bonds is 3. The smallest absolute Gasteiger partial charge is 0.262 e. The molecule has 3 N–H and O–H groups in total. The molecule has 112 valence electrons. The molecule has 0 saturated heterocycles. The van der Waals surface area contributed by atoms with Crippen molar-refractivity contribution >= 4 is 21.4 Å². The van der Waals surface area contributed by atoms with Crippen LogP contribution in [0.4, 0.5) is 11.4 Å². The molecule has 0 aliphatic rings. The molecular weight excluding hydrogens is 284 g/mol. The van der Waals surface area contributed by atoms with Gasteiger partial charge in [0.15, 0.2) is 0 Å². The van der Waals surface area contributed by atoms with Crippen molar-refractivity contribution in [1.29, 1.82) is 0 Å². The van der Waals surface area contributed by atoms with Crippen LogP contribution in [-0.2, 0) is 10.0 Å². The summed E-state index contributed by atoms with van der Waals surface area (Å²) < 4.78 is 27.8. The van der Waals surface area contributed by atoms with E-state index in [0.29, 0.717) is 21.8 Å². The van der Waals surface area contributed by atoms with Crippen molar-refractivity contribution in [3.05, 3.63) is 52.6 Å². The molecule has 0 aliphatic carbocycles. The van der Waals surface area contributed by atoms with E-state index in [1.165, 1.54) is 0 Å². The van der Waals surface area contributed by atoms with Gasteiger partial charge in [-0.3, -0.25) is 4.72 Å². The van der Waals surface area contributed by atoms with E-state index >= 15 is 0 Å². The number of nitrogen functional groups attached to an aromatic ring is 1. The Morgan fingerprint density at radius 2 is 1.57 bits per heavy atom. The van der Waals surface area contributed by atoms with Gasteiger partial charge in [-0.05, 0) is 62.1 Å². The van der Waals surface area contributed by atoms with Crippen molar-refractivity contribution in [1.82, 2.24) is 0 Å². The summed E-state index contributed by atoms with van der Waals surface area (Å²) in [6, 6.07) is 8.92. The van der Waals surface area contributed by atoms with Crippen LogP contribution in [0.5, 0.6) is 0 Å². The molecule has 0 saturated carbocycles. The van der Waals surface area contributed by atoms with E-state index in [2.05, 4.69) is 4.72 Å². The van der Waals surface area contributed by atoms with E-state index in [1.54, 1.807) is 25.1 Å². The van der Waals surface area contributed by atoms with Crippen molar-refractivity contribution in [3.63, 3.8) is 0 Å². The summed E-state index contributed by atoms with van der Waals surface area (Å²) in [7, 11) is -3.62. The van der Waals surface area contributed by atoms with Crippen LogP contribution in [-0.4, -0.2) is 8.42 Å². The van der Waals surface area contributed by atoms with Crippen LogP contribution in [0.25, 0.3) is 0 Å². The highest BCUT2D eigenvalue weighted by Crippen LogP contribution is 2.27. The first-order chi connectivity index (χ1) is 9.72. The fourth-order valence-electron chi connectivity index (χ4n) is 2.17. The number of sulfonamides is 1. The average molecular weight is 304 g/mol. The Labute approximate surface area is 126 Å². The van der Waals surface area contributed by atoms with Gasteiger partial charge in [0.2, 0.25) is 0 Å². The molecule has 0 aromatic heterocycles. The SMILES string of the molecule is Cc1ccc(C)c(S(=O)(=O)Nc2ccc(C)c(N)c2C)c1. The van der Waals surface area contributed by atoms with Crippen LogP contribution in [0, 0.1) is 27.7 Å². The second-order valence-electron chi connectivity index (χ2n) is 5.34. The van der Waals surface area contributed by atoms with Gasteiger partial charge in [-0.25, -0.2) is 8.42 Å². The molecule has 0 bridgehead atoms. The van der Waals surface area contributed by atoms with Crippen molar-refractivity contribution < 1.29 is 8.42 Å². The molecule has 5 heteroatoms. The molecule has 0 spiro atoms. The summed E-state index contributed by atoms with van der Waals surface area (Å²) in [5.41, 5.74) is 10.4. The van der Waals surface area contributed by atoms with Gasteiger partial charge in [0.25, 0.3) is 10.0 Å². The third kappa shape index (κ3) is 3.03. The van der Waals surface area contributed by atoms with Gasteiger partial charge in [-0.2, -0.15) is 0 Å². The van der Waals surface area contributed by atoms with E-state index < -0.39 is 10.0 Å². The van der Waals surface area contributed by atoms with Gasteiger partial charge in [0, 0.05) is 5.69 Å². The molecule has 0 atom stereocenters. The lowest BCUT2D eigenvalue weighted by Gasteiger charge is -2.15. The van der Waals surface area contributed by atoms with E-state index in [1.807, 2.05) is 32.9 Å². The molecule has 2 aromatic rings. The minimum absolute atomic E-state index is 0.293. The molecule has 0 heterocycles. The lowest BCUT2D eigenvalue weighted by molar-refractivity contribution is 0.600. The lowest BCUT2D eigenvalue weighted by atomic mass is 10.1. The Balaban J connectivity index is 2.47. The van der Waals surface area contributed by atoms with Gasteiger partial charge in [-0.15, -0.1) is 0 Å². The zero-order valence-corrected chi connectivity index (χ0v) is 13.5. The Hall–Kier alpha value is -2.01. The summed E-state index contributed by atoms with van der Waals surface area (Å²) in [6.45, 7) is 7.35. The Morgan fingerprint density at radius 3 is 2.24 bits per heavy atom. The number of hydrogen-bond acceptors (Lipinski definition) is 3. The first-order valence-electron chi connectivity index (χ1n) is 6.68. The number of hydrogen-bond donors (Lipinski definition) is 2. The number of nitrogens with two attached hydrogens (primary N) is 1. The summed E-state index contributed by atoms with van der Waals surface area (Å²) >= 11 is 0. The third-order valence-electron chi connectivity index (χ3n) is 3.61. The van der Waals surface area contributed by atoms with E-state index in [9.17, 15) is 8.42 Å². The molecule has 21 heavy (non-hydrogen) atoms. The van der Waals surface area contributed by atoms with Gasteiger partial charge in [0.1, 0.15) is 0 Å². The van der Waals surface area contributed by atoms with Crippen LogP contribution in [0.15, 0.2) is 35.2 Å². The van der Waals surface area contributed by atoms with Gasteiger partial charge < -0.3 is 5.73 Å². The highest BCUT2D eigenvalue weighted by Gasteiger charge is 2.18. The van der Waals surface area contributed by atoms with E-state index in [4.69, 9.17) is 5.73 Å². The fourth-order valence-corrected chi connectivity index (χ4v) is 3.62. The second kappa shape index (κ2) is 5.41.